The van der Waals surface area contributed by atoms with Gasteiger partial charge >= 0.3 is 0 Å². The van der Waals surface area contributed by atoms with Crippen LogP contribution in [0.25, 0.3) is 10.9 Å². The van der Waals surface area contributed by atoms with Crippen LogP contribution in [0.15, 0.2) is 30.5 Å². The van der Waals surface area contributed by atoms with Gasteiger partial charge in [0.05, 0.1) is 10.4 Å². The molecule has 1 aromatic heterocycles. The summed E-state index contributed by atoms with van der Waals surface area (Å²) < 4.78 is 0. The second-order valence-corrected chi connectivity index (χ2v) is 3.64. The third kappa shape index (κ3) is 1.74. The molecule has 2 aromatic rings. The summed E-state index contributed by atoms with van der Waals surface area (Å²) in [5.74, 6) is 0. The van der Waals surface area contributed by atoms with Crippen molar-refractivity contribution in [1.29, 1.82) is 0 Å². The Morgan fingerprint density at radius 2 is 2.19 bits per heavy atom. The van der Waals surface area contributed by atoms with Crippen LogP contribution in [0.5, 0.6) is 0 Å². The van der Waals surface area contributed by atoms with Gasteiger partial charge in [0.25, 0.3) is 5.69 Å². The first-order valence-electron chi connectivity index (χ1n) is 5.25. The van der Waals surface area contributed by atoms with Crippen LogP contribution in [0, 0.1) is 10.1 Å². The van der Waals surface area contributed by atoms with Gasteiger partial charge in [-0.05, 0) is 18.6 Å². The number of nitro groups is 1. The summed E-state index contributed by atoms with van der Waals surface area (Å²) >= 11 is 0. The van der Waals surface area contributed by atoms with Crippen molar-refractivity contribution in [2.45, 2.75) is 19.8 Å². The van der Waals surface area contributed by atoms with Crippen LogP contribution in [-0.2, 0) is 6.42 Å². The Balaban J connectivity index is 2.73. The molecule has 4 nitrogen and oxygen atoms in total. The molecule has 2 rings (SSSR count). The van der Waals surface area contributed by atoms with E-state index in [1.807, 2.05) is 19.1 Å². The fourth-order valence-electron chi connectivity index (χ4n) is 1.89. The minimum atomic E-state index is -0.322. The second-order valence-electron chi connectivity index (χ2n) is 3.64. The molecular formula is C12H12N2O2. The van der Waals surface area contributed by atoms with E-state index < -0.39 is 0 Å². The van der Waals surface area contributed by atoms with Gasteiger partial charge in [-0.3, -0.25) is 15.1 Å². The SMILES string of the molecule is CCCc1c([N+](=O)[O-])ccc2ncccc12. The number of nitrogens with zero attached hydrogens (tertiary/aromatic N) is 2. The van der Waals surface area contributed by atoms with Crippen molar-refractivity contribution in [2.24, 2.45) is 0 Å². The summed E-state index contributed by atoms with van der Waals surface area (Å²) in [6.07, 6.45) is 3.29. The Bertz CT molecular complexity index is 538. The number of aryl methyl sites for hydroxylation is 1. The predicted molar refractivity (Wildman–Crippen MR) is 62.4 cm³/mol. The molecule has 0 bridgehead atoms. The summed E-state index contributed by atoms with van der Waals surface area (Å²) in [7, 11) is 0. The van der Waals surface area contributed by atoms with E-state index in [2.05, 4.69) is 4.98 Å². The van der Waals surface area contributed by atoms with E-state index in [0.717, 1.165) is 22.9 Å². The van der Waals surface area contributed by atoms with E-state index in [1.165, 1.54) is 0 Å². The zero-order valence-corrected chi connectivity index (χ0v) is 9.01. The molecule has 0 spiro atoms. The Kier molecular flexibility index (Phi) is 2.81. The normalized spacial score (nSPS) is 10.6. The first kappa shape index (κ1) is 10.5. The third-order valence-electron chi connectivity index (χ3n) is 2.57. The lowest BCUT2D eigenvalue weighted by Crippen LogP contribution is -1.97. The predicted octanol–water partition coefficient (Wildman–Crippen LogP) is 3.10. The van der Waals surface area contributed by atoms with Gasteiger partial charge in [0.1, 0.15) is 0 Å². The number of fused-ring (bicyclic) bond motifs is 1. The average molecular weight is 216 g/mol. The molecular weight excluding hydrogens is 204 g/mol. The highest BCUT2D eigenvalue weighted by Crippen LogP contribution is 2.27. The maximum absolute atomic E-state index is 10.9. The molecule has 0 saturated heterocycles. The molecule has 0 aliphatic rings. The summed E-state index contributed by atoms with van der Waals surface area (Å²) in [5.41, 5.74) is 1.80. The quantitative estimate of drug-likeness (QED) is 0.585. The van der Waals surface area contributed by atoms with E-state index in [4.69, 9.17) is 0 Å². The number of hydrogen-bond acceptors (Lipinski definition) is 3. The zero-order chi connectivity index (χ0) is 11.5. The Hall–Kier alpha value is -1.97. The van der Waals surface area contributed by atoms with E-state index >= 15 is 0 Å². The summed E-state index contributed by atoms with van der Waals surface area (Å²) in [6, 6.07) is 6.94. The summed E-state index contributed by atoms with van der Waals surface area (Å²) in [5, 5.41) is 11.8. The molecule has 0 fully saturated rings. The molecule has 82 valence electrons. The smallest absolute Gasteiger partial charge is 0.258 e. The number of rotatable bonds is 3. The van der Waals surface area contributed by atoms with Crippen molar-refractivity contribution in [2.75, 3.05) is 0 Å². The summed E-state index contributed by atoms with van der Waals surface area (Å²) in [4.78, 5) is 14.8. The van der Waals surface area contributed by atoms with Crippen LogP contribution in [0.1, 0.15) is 18.9 Å². The average Bonchev–Trinajstić information content (AvgIpc) is 2.29. The first-order chi connectivity index (χ1) is 7.74. The van der Waals surface area contributed by atoms with Crippen molar-refractivity contribution in [1.82, 2.24) is 4.98 Å². The third-order valence-corrected chi connectivity index (χ3v) is 2.57. The standard InChI is InChI=1S/C12H12N2O2/c1-2-4-10-9-5-3-8-13-11(9)6-7-12(10)14(15)16/h3,5-8H,2,4H2,1H3. The van der Waals surface area contributed by atoms with E-state index in [-0.39, 0.29) is 10.6 Å². The number of pyridine rings is 1. The van der Waals surface area contributed by atoms with Crippen molar-refractivity contribution in [3.63, 3.8) is 0 Å². The molecule has 0 atom stereocenters. The second kappa shape index (κ2) is 4.26. The van der Waals surface area contributed by atoms with Crippen LogP contribution >= 0.6 is 0 Å². The van der Waals surface area contributed by atoms with E-state index in [1.54, 1.807) is 18.3 Å². The van der Waals surface area contributed by atoms with Crippen LogP contribution in [-0.4, -0.2) is 9.91 Å². The first-order valence-corrected chi connectivity index (χ1v) is 5.25. The van der Waals surface area contributed by atoms with Crippen LogP contribution in [0.4, 0.5) is 5.69 Å². The van der Waals surface area contributed by atoms with Gasteiger partial charge < -0.3 is 0 Å². The van der Waals surface area contributed by atoms with Crippen molar-refractivity contribution in [3.8, 4) is 0 Å². The van der Waals surface area contributed by atoms with Crippen molar-refractivity contribution < 1.29 is 4.92 Å². The van der Waals surface area contributed by atoms with Crippen LogP contribution < -0.4 is 0 Å². The van der Waals surface area contributed by atoms with Gasteiger partial charge in [-0.15, -0.1) is 0 Å². The van der Waals surface area contributed by atoms with Gasteiger partial charge in [0.2, 0.25) is 0 Å². The van der Waals surface area contributed by atoms with E-state index in [0.29, 0.717) is 6.42 Å². The molecule has 0 aliphatic heterocycles. The molecule has 4 heteroatoms. The van der Waals surface area contributed by atoms with Crippen LogP contribution in [0.2, 0.25) is 0 Å². The highest BCUT2D eigenvalue weighted by atomic mass is 16.6. The Labute approximate surface area is 93.1 Å². The monoisotopic (exact) mass is 216 g/mol. The topological polar surface area (TPSA) is 56.0 Å². The Morgan fingerprint density at radius 1 is 1.38 bits per heavy atom. The lowest BCUT2D eigenvalue weighted by molar-refractivity contribution is -0.385. The largest absolute Gasteiger partial charge is 0.273 e. The maximum Gasteiger partial charge on any atom is 0.273 e. The van der Waals surface area contributed by atoms with E-state index in [9.17, 15) is 10.1 Å². The number of benzene rings is 1. The fourth-order valence-corrected chi connectivity index (χ4v) is 1.89. The number of hydrogen-bond donors (Lipinski definition) is 0. The minimum absolute atomic E-state index is 0.197. The van der Waals surface area contributed by atoms with Gasteiger partial charge in [-0.2, -0.15) is 0 Å². The molecule has 0 radical (unpaired) electrons. The fraction of sp³-hybridized carbons (Fsp3) is 0.250. The highest BCUT2D eigenvalue weighted by Gasteiger charge is 2.15. The van der Waals surface area contributed by atoms with Crippen LogP contribution in [0.3, 0.4) is 0 Å². The molecule has 1 aromatic carbocycles. The van der Waals surface area contributed by atoms with Gasteiger partial charge in [0, 0.05) is 23.2 Å². The lowest BCUT2D eigenvalue weighted by atomic mass is 10.0. The molecule has 0 N–H and O–H groups in total. The molecule has 1 heterocycles. The zero-order valence-electron chi connectivity index (χ0n) is 9.01. The number of aromatic nitrogens is 1. The molecule has 0 aliphatic carbocycles. The maximum atomic E-state index is 10.9. The van der Waals surface area contributed by atoms with Crippen molar-refractivity contribution >= 4 is 16.6 Å². The summed E-state index contributed by atoms with van der Waals surface area (Å²) in [6.45, 7) is 2.01. The van der Waals surface area contributed by atoms with Crippen molar-refractivity contribution in [3.05, 3.63) is 46.1 Å². The van der Waals surface area contributed by atoms with Gasteiger partial charge in [-0.1, -0.05) is 19.4 Å². The molecule has 16 heavy (non-hydrogen) atoms. The molecule has 0 unspecified atom stereocenters. The molecule has 0 amide bonds. The van der Waals surface area contributed by atoms with Gasteiger partial charge in [-0.25, -0.2) is 0 Å². The van der Waals surface area contributed by atoms with Gasteiger partial charge in [0.15, 0.2) is 0 Å². The minimum Gasteiger partial charge on any atom is -0.258 e. The molecule has 0 saturated carbocycles. The highest BCUT2D eigenvalue weighted by molar-refractivity contribution is 5.85. The number of nitro benzene ring substituents is 1. The lowest BCUT2D eigenvalue weighted by Gasteiger charge is -2.05. The Morgan fingerprint density at radius 3 is 2.88 bits per heavy atom.